The van der Waals surface area contributed by atoms with Crippen molar-refractivity contribution in [3.8, 4) is 0 Å². The molecule has 1 aromatic rings. The van der Waals surface area contributed by atoms with Crippen molar-refractivity contribution >= 4 is 17.5 Å². The molecule has 2 amide bonds. The first-order valence-corrected chi connectivity index (χ1v) is 8.39. The summed E-state index contributed by atoms with van der Waals surface area (Å²) < 4.78 is 13.0. The van der Waals surface area contributed by atoms with Crippen LogP contribution in [0.4, 0.5) is 10.1 Å². The molecule has 1 saturated carbocycles. The van der Waals surface area contributed by atoms with Gasteiger partial charge in [0.2, 0.25) is 5.91 Å². The molecule has 1 heterocycles. The number of benzene rings is 1. The van der Waals surface area contributed by atoms with E-state index < -0.39 is 0 Å². The van der Waals surface area contributed by atoms with Gasteiger partial charge in [0.15, 0.2) is 0 Å². The number of nitrogens with zero attached hydrogens (tertiary/aromatic N) is 2. The number of piperazine rings is 1. The minimum Gasteiger partial charge on any atom is -0.369 e. The molecule has 0 aromatic heterocycles. The molecule has 1 aromatic carbocycles. The van der Waals surface area contributed by atoms with E-state index in [0.717, 1.165) is 44.7 Å². The van der Waals surface area contributed by atoms with Crippen LogP contribution in [0.15, 0.2) is 24.3 Å². The minimum absolute atomic E-state index is 0.0693. The summed E-state index contributed by atoms with van der Waals surface area (Å²) >= 11 is 0. The number of nitrogens with one attached hydrogen (secondary N) is 2. The summed E-state index contributed by atoms with van der Waals surface area (Å²) in [6.45, 7) is 4.87. The number of carbonyl (C=O) groups excluding carboxylic acids is 2. The van der Waals surface area contributed by atoms with Gasteiger partial charge < -0.3 is 4.90 Å². The van der Waals surface area contributed by atoms with Gasteiger partial charge >= 0.3 is 0 Å². The van der Waals surface area contributed by atoms with Crippen molar-refractivity contribution in [2.45, 2.75) is 25.8 Å². The van der Waals surface area contributed by atoms with Crippen LogP contribution in [-0.4, -0.2) is 48.9 Å². The van der Waals surface area contributed by atoms with E-state index in [1.54, 1.807) is 12.1 Å². The number of hydrogen-bond donors (Lipinski definition) is 2. The second-order valence-corrected chi connectivity index (χ2v) is 6.43. The van der Waals surface area contributed by atoms with E-state index in [-0.39, 0.29) is 29.6 Å². The molecule has 0 bridgehead atoms. The van der Waals surface area contributed by atoms with Gasteiger partial charge in [-0.1, -0.05) is 0 Å². The highest BCUT2D eigenvalue weighted by Gasteiger charge is 2.31. The van der Waals surface area contributed by atoms with E-state index in [9.17, 15) is 14.0 Å². The van der Waals surface area contributed by atoms with Gasteiger partial charge in [0.25, 0.3) is 5.91 Å². The quantitative estimate of drug-likeness (QED) is 0.803. The van der Waals surface area contributed by atoms with Crippen LogP contribution in [0.1, 0.15) is 19.8 Å². The molecule has 1 aliphatic carbocycles. The van der Waals surface area contributed by atoms with Crippen LogP contribution in [0.3, 0.4) is 0 Å². The van der Waals surface area contributed by atoms with Gasteiger partial charge in [-0.15, -0.1) is 0 Å². The Bertz CT molecular complexity index is 595. The number of halogens is 1. The molecule has 1 aliphatic heterocycles. The zero-order valence-corrected chi connectivity index (χ0v) is 13.8. The van der Waals surface area contributed by atoms with Gasteiger partial charge in [-0.2, -0.15) is 0 Å². The fourth-order valence-electron chi connectivity index (χ4n) is 2.86. The van der Waals surface area contributed by atoms with Crippen molar-refractivity contribution in [2.75, 3.05) is 31.1 Å². The van der Waals surface area contributed by atoms with Crippen LogP contribution in [-0.2, 0) is 9.59 Å². The molecule has 2 N–H and O–H groups in total. The number of carbonyl (C=O) groups is 2. The number of amides is 2. The maximum atomic E-state index is 13.0. The van der Waals surface area contributed by atoms with E-state index in [2.05, 4.69) is 20.7 Å². The first-order valence-electron chi connectivity index (χ1n) is 8.39. The van der Waals surface area contributed by atoms with Gasteiger partial charge in [-0.3, -0.25) is 25.3 Å². The predicted octanol–water partition coefficient (Wildman–Crippen LogP) is 0.894. The lowest BCUT2D eigenvalue weighted by atomic mass is 10.2. The fraction of sp³-hybridized carbons (Fsp3) is 0.529. The van der Waals surface area contributed by atoms with Crippen LogP contribution in [0.2, 0.25) is 0 Å². The Balaban J connectivity index is 1.45. The molecule has 2 fully saturated rings. The third-order valence-electron chi connectivity index (χ3n) is 4.69. The Morgan fingerprint density at radius 1 is 1.08 bits per heavy atom. The number of rotatable bonds is 4. The van der Waals surface area contributed by atoms with Gasteiger partial charge in [-0.25, -0.2) is 4.39 Å². The van der Waals surface area contributed by atoms with E-state index >= 15 is 0 Å². The second kappa shape index (κ2) is 7.17. The van der Waals surface area contributed by atoms with Crippen LogP contribution in [0.25, 0.3) is 0 Å². The van der Waals surface area contributed by atoms with E-state index in [1.165, 1.54) is 12.1 Å². The van der Waals surface area contributed by atoms with Crippen molar-refractivity contribution in [1.29, 1.82) is 0 Å². The Labute approximate surface area is 141 Å². The molecular formula is C17H23FN4O2. The average Bonchev–Trinajstić information content (AvgIpc) is 3.45. The largest absolute Gasteiger partial charge is 0.369 e. The molecule has 6 nitrogen and oxygen atoms in total. The first kappa shape index (κ1) is 16.7. The molecule has 1 saturated heterocycles. The molecule has 1 atom stereocenters. The Hall–Kier alpha value is -2.15. The first-order chi connectivity index (χ1) is 11.5. The van der Waals surface area contributed by atoms with Crippen molar-refractivity contribution in [1.82, 2.24) is 15.8 Å². The summed E-state index contributed by atoms with van der Waals surface area (Å²) in [6.07, 6.45) is 1.81. The van der Waals surface area contributed by atoms with Crippen LogP contribution in [0, 0.1) is 11.7 Å². The lowest BCUT2D eigenvalue weighted by molar-refractivity contribution is -0.132. The summed E-state index contributed by atoms with van der Waals surface area (Å²) in [5.41, 5.74) is 6.00. The standard InChI is InChI=1S/C17H23FN4O2/c1-12(16(23)19-20-17(24)13-2-3-13)21-8-10-22(11-9-21)15-6-4-14(18)5-7-15/h4-7,12-13H,2-3,8-11H2,1H3,(H,19,23)(H,20,24)/t12-/m0/s1. The fourth-order valence-corrected chi connectivity index (χ4v) is 2.86. The molecule has 130 valence electrons. The number of hydrazine groups is 1. The van der Waals surface area contributed by atoms with Crippen LogP contribution < -0.4 is 15.8 Å². The zero-order valence-electron chi connectivity index (χ0n) is 13.8. The summed E-state index contributed by atoms with van der Waals surface area (Å²) in [6, 6.07) is 6.16. The molecule has 7 heteroatoms. The minimum atomic E-state index is -0.306. The van der Waals surface area contributed by atoms with Crippen molar-refractivity contribution in [3.05, 3.63) is 30.1 Å². The average molecular weight is 334 g/mol. The third kappa shape index (κ3) is 4.03. The van der Waals surface area contributed by atoms with Crippen molar-refractivity contribution < 1.29 is 14.0 Å². The smallest absolute Gasteiger partial charge is 0.255 e. The van der Waals surface area contributed by atoms with E-state index in [4.69, 9.17) is 0 Å². The zero-order chi connectivity index (χ0) is 17.1. The van der Waals surface area contributed by atoms with Gasteiger partial charge in [0.05, 0.1) is 6.04 Å². The SMILES string of the molecule is C[C@@H](C(=O)NNC(=O)C1CC1)N1CCN(c2ccc(F)cc2)CC1. The summed E-state index contributed by atoms with van der Waals surface area (Å²) in [5.74, 6) is -0.466. The summed E-state index contributed by atoms with van der Waals surface area (Å²) in [4.78, 5) is 28.0. The van der Waals surface area contributed by atoms with Crippen molar-refractivity contribution in [2.24, 2.45) is 5.92 Å². The monoisotopic (exact) mass is 334 g/mol. The number of anilines is 1. The second-order valence-electron chi connectivity index (χ2n) is 6.43. The Morgan fingerprint density at radius 2 is 1.71 bits per heavy atom. The highest BCUT2D eigenvalue weighted by Crippen LogP contribution is 2.28. The lowest BCUT2D eigenvalue weighted by Crippen LogP contribution is -2.56. The third-order valence-corrected chi connectivity index (χ3v) is 4.69. The molecular weight excluding hydrogens is 311 g/mol. The predicted molar refractivity (Wildman–Crippen MR) is 88.7 cm³/mol. The van der Waals surface area contributed by atoms with Gasteiger partial charge in [0.1, 0.15) is 5.82 Å². The Kier molecular flexibility index (Phi) is 4.99. The van der Waals surface area contributed by atoms with E-state index in [1.807, 2.05) is 6.92 Å². The van der Waals surface area contributed by atoms with Crippen molar-refractivity contribution in [3.63, 3.8) is 0 Å². The highest BCUT2D eigenvalue weighted by atomic mass is 19.1. The van der Waals surface area contributed by atoms with Gasteiger partial charge in [0, 0.05) is 37.8 Å². The molecule has 2 aliphatic rings. The summed E-state index contributed by atoms with van der Waals surface area (Å²) in [5, 5.41) is 0. The van der Waals surface area contributed by atoms with E-state index in [0.29, 0.717) is 0 Å². The molecule has 24 heavy (non-hydrogen) atoms. The maximum absolute atomic E-state index is 13.0. The van der Waals surface area contributed by atoms with Crippen LogP contribution in [0.5, 0.6) is 0 Å². The Morgan fingerprint density at radius 3 is 2.29 bits per heavy atom. The molecule has 0 unspecified atom stereocenters. The molecule has 0 spiro atoms. The maximum Gasteiger partial charge on any atom is 0.255 e. The number of hydrogen-bond acceptors (Lipinski definition) is 4. The molecule has 3 rings (SSSR count). The molecule has 0 radical (unpaired) electrons. The normalized spacial score (nSPS) is 19.7. The summed E-state index contributed by atoms with van der Waals surface area (Å²) in [7, 11) is 0. The highest BCUT2D eigenvalue weighted by molar-refractivity contribution is 5.86. The topological polar surface area (TPSA) is 64.7 Å². The van der Waals surface area contributed by atoms with Crippen LogP contribution >= 0.6 is 0 Å². The van der Waals surface area contributed by atoms with Gasteiger partial charge in [-0.05, 0) is 44.0 Å². The lowest BCUT2D eigenvalue weighted by Gasteiger charge is -2.38.